The van der Waals surface area contributed by atoms with Gasteiger partial charge in [0.25, 0.3) is 17.4 Å². The fourth-order valence-electron chi connectivity index (χ4n) is 2.01. The average molecular weight is 264 g/mol. The van der Waals surface area contributed by atoms with E-state index in [0.29, 0.717) is 25.1 Å². The van der Waals surface area contributed by atoms with Gasteiger partial charge in [-0.3, -0.25) is 19.7 Å². The third-order valence-corrected chi connectivity index (χ3v) is 2.96. The predicted octanol–water partition coefficient (Wildman–Crippen LogP) is 0.897. The second-order valence-electron chi connectivity index (χ2n) is 4.18. The number of nitro groups is 1. The highest BCUT2D eigenvalue weighted by molar-refractivity contribution is 6.52. The molecule has 1 N–H and O–H groups in total. The van der Waals surface area contributed by atoms with Crippen molar-refractivity contribution in [3.63, 3.8) is 0 Å². The zero-order valence-electron chi connectivity index (χ0n) is 10.0. The van der Waals surface area contributed by atoms with Crippen LogP contribution in [0.1, 0.15) is 23.2 Å². The van der Waals surface area contributed by atoms with Crippen LogP contribution in [0.2, 0.25) is 0 Å². The summed E-state index contributed by atoms with van der Waals surface area (Å²) >= 11 is 0. The van der Waals surface area contributed by atoms with Crippen molar-refractivity contribution >= 4 is 23.1 Å². The first-order valence-electron chi connectivity index (χ1n) is 5.81. The van der Waals surface area contributed by atoms with Crippen LogP contribution in [-0.2, 0) is 4.79 Å². The highest BCUT2D eigenvalue weighted by Crippen LogP contribution is 2.32. The van der Waals surface area contributed by atoms with Crippen molar-refractivity contribution in [2.75, 3.05) is 18.1 Å². The van der Waals surface area contributed by atoms with E-state index in [9.17, 15) is 19.7 Å². The molecule has 1 aromatic carbocycles. The molecule has 1 aliphatic rings. The molecule has 100 valence electrons. The van der Waals surface area contributed by atoms with Crippen LogP contribution >= 0.6 is 0 Å². The van der Waals surface area contributed by atoms with E-state index in [1.54, 1.807) is 0 Å². The summed E-state index contributed by atoms with van der Waals surface area (Å²) in [4.78, 5) is 34.9. The number of aliphatic hydroxyl groups is 1. The van der Waals surface area contributed by atoms with Gasteiger partial charge in [0.05, 0.1) is 16.2 Å². The molecule has 0 fully saturated rings. The standard InChI is InChI=1S/C12H12N2O5/c15-6-2-1-5-13-10-4-3-8(14(18)19)7-9(10)11(16)12(13)17/h3-4,7,15H,1-2,5-6H2. The third kappa shape index (κ3) is 2.32. The van der Waals surface area contributed by atoms with Crippen LogP contribution in [0, 0.1) is 10.1 Å². The van der Waals surface area contributed by atoms with Crippen molar-refractivity contribution in [2.45, 2.75) is 12.8 Å². The van der Waals surface area contributed by atoms with Gasteiger partial charge in [-0.2, -0.15) is 0 Å². The summed E-state index contributed by atoms with van der Waals surface area (Å²) < 4.78 is 0. The van der Waals surface area contributed by atoms with E-state index in [0.717, 1.165) is 6.07 Å². The van der Waals surface area contributed by atoms with Crippen LogP contribution in [0.3, 0.4) is 0 Å². The van der Waals surface area contributed by atoms with Crippen LogP contribution in [0.15, 0.2) is 18.2 Å². The van der Waals surface area contributed by atoms with E-state index in [2.05, 4.69) is 0 Å². The number of nitro benzene ring substituents is 1. The smallest absolute Gasteiger partial charge is 0.299 e. The quantitative estimate of drug-likeness (QED) is 0.368. The number of carbonyl (C=O) groups excluding carboxylic acids is 2. The maximum Gasteiger partial charge on any atom is 0.299 e. The van der Waals surface area contributed by atoms with Gasteiger partial charge in [-0.15, -0.1) is 0 Å². The van der Waals surface area contributed by atoms with Gasteiger partial charge >= 0.3 is 0 Å². The summed E-state index contributed by atoms with van der Waals surface area (Å²) in [6.07, 6.45) is 1.09. The molecular formula is C12H12N2O5. The number of ketones is 1. The summed E-state index contributed by atoms with van der Waals surface area (Å²) in [5, 5.41) is 19.4. The summed E-state index contributed by atoms with van der Waals surface area (Å²) in [5.41, 5.74) is 0.263. The molecule has 1 amide bonds. The van der Waals surface area contributed by atoms with E-state index in [1.807, 2.05) is 0 Å². The Bertz CT molecular complexity index is 555. The van der Waals surface area contributed by atoms with Gasteiger partial charge in [-0.25, -0.2) is 0 Å². The number of carbonyl (C=O) groups is 2. The van der Waals surface area contributed by atoms with Crippen LogP contribution in [-0.4, -0.2) is 34.9 Å². The van der Waals surface area contributed by atoms with Crippen molar-refractivity contribution in [1.82, 2.24) is 0 Å². The number of anilines is 1. The van der Waals surface area contributed by atoms with Gasteiger partial charge in [-0.05, 0) is 18.9 Å². The fourth-order valence-corrected chi connectivity index (χ4v) is 2.01. The van der Waals surface area contributed by atoms with E-state index < -0.39 is 16.6 Å². The molecule has 0 saturated carbocycles. The van der Waals surface area contributed by atoms with Crippen LogP contribution < -0.4 is 4.90 Å². The first-order valence-corrected chi connectivity index (χ1v) is 5.81. The Labute approximate surface area is 108 Å². The fraction of sp³-hybridized carbons (Fsp3) is 0.333. The van der Waals surface area contributed by atoms with Gasteiger partial charge in [0.1, 0.15) is 0 Å². The number of Topliss-reactive ketones (excluding diaryl/α,β-unsaturated/α-hetero) is 1. The third-order valence-electron chi connectivity index (χ3n) is 2.96. The Hall–Kier alpha value is -2.28. The second-order valence-corrected chi connectivity index (χ2v) is 4.18. The highest BCUT2D eigenvalue weighted by atomic mass is 16.6. The van der Waals surface area contributed by atoms with Crippen LogP contribution in [0.4, 0.5) is 11.4 Å². The minimum absolute atomic E-state index is 0.0170. The first-order chi connectivity index (χ1) is 9.06. The van der Waals surface area contributed by atoms with E-state index in [1.165, 1.54) is 17.0 Å². The molecule has 1 aliphatic heterocycles. The lowest BCUT2D eigenvalue weighted by Crippen LogP contribution is -2.30. The van der Waals surface area contributed by atoms with Gasteiger partial charge in [0.2, 0.25) is 0 Å². The van der Waals surface area contributed by atoms with E-state index >= 15 is 0 Å². The molecule has 0 aliphatic carbocycles. The van der Waals surface area contributed by atoms with Gasteiger partial charge in [0, 0.05) is 25.3 Å². The lowest BCUT2D eigenvalue weighted by molar-refractivity contribution is -0.384. The largest absolute Gasteiger partial charge is 0.396 e. The molecule has 0 unspecified atom stereocenters. The molecule has 0 atom stereocenters. The summed E-state index contributed by atoms with van der Waals surface area (Å²) in [7, 11) is 0. The lowest BCUT2D eigenvalue weighted by Gasteiger charge is -2.15. The minimum Gasteiger partial charge on any atom is -0.396 e. The van der Waals surface area contributed by atoms with E-state index in [-0.39, 0.29) is 17.9 Å². The number of non-ortho nitro benzene ring substituents is 1. The van der Waals surface area contributed by atoms with Crippen molar-refractivity contribution < 1.29 is 19.6 Å². The summed E-state index contributed by atoms with van der Waals surface area (Å²) in [5.74, 6) is -1.39. The molecule has 0 aromatic heterocycles. The number of aliphatic hydroxyl groups excluding tert-OH is 1. The van der Waals surface area contributed by atoms with Crippen molar-refractivity contribution in [2.24, 2.45) is 0 Å². The molecule has 7 heteroatoms. The van der Waals surface area contributed by atoms with Crippen LogP contribution in [0.5, 0.6) is 0 Å². The first kappa shape index (κ1) is 13.2. The Morgan fingerprint density at radius 3 is 2.63 bits per heavy atom. The Balaban J connectivity index is 2.30. The van der Waals surface area contributed by atoms with Crippen molar-refractivity contribution in [3.05, 3.63) is 33.9 Å². The van der Waals surface area contributed by atoms with Gasteiger partial charge < -0.3 is 10.0 Å². The summed E-state index contributed by atoms with van der Waals surface area (Å²) in [6, 6.07) is 3.81. The number of rotatable bonds is 5. The highest BCUT2D eigenvalue weighted by Gasteiger charge is 2.36. The lowest BCUT2D eigenvalue weighted by atomic mass is 10.1. The van der Waals surface area contributed by atoms with Crippen molar-refractivity contribution in [1.29, 1.82) is 0 Å². The Morgan fingerprint density at radius 2 is 2.00 bits per heavy atom. The maximum absolute atomic E-state index is 11.8. The zero-order valence-corrected chi connectivity index (χ0v) is 10.0. The molecule has 0 radical (unpaired) electrons. The zero-order chi connectivity index (χ0) is 14.0. The van der Waals surface area contributed by atoms with E-state index in [4.69, 9.17) is 5.11 Å². The number of unbranched alkanes of at least 4 members (excludes halogenated alkanes) is 1. The molecule has 0 bridgehead atoms. The molecule has 0 spiro atoms. The topological polar surface area (TPSA) is 101 Å². The number of nitrogens with zero attached hydrogens (tertiary/aromatic N) is 2. The molecular weight excluding hydrogens is 252 g/mol. The molecule has 1 aromatic rings. The SMILES string of the molecule is O=C1C(=O)N(CCCCO)c2ccc([N+](=O)[O-])cc21. The Kier molecular flexibility index (Phi) is 3.57. The second kappa shape index (κ2) is 5.15. The molecule has 7 nitrogen and oxygen atoms in total. The molecule has 2 rings (SSSR count). The maximum atomic E-state index is 11.8. The number of hydrogen-bond donors (Lipinski definition) is 1. The predicted molar refractivity (Wildman–Crippen MR) is 66.1 cm³/mol. The molecule has 0 saturated heterocycles. The number of hydrogen-bond acceptors (Lipinski definition) is 5. The number of benzene rings is 1. The number of amides is 1. The Morgan fingerprint density at radius 1 is 1.26 bits per heavy atom. The van der Waals surface area contributed by atoms with Crippen LogP contribution in [0.25, 0.3) is 0 Å². The monoisotopic (exact) mass is 264 g/mol. The molecule has 19 heavy (non-hydrogen) atoms. The number of fused-ring (bicyclic) bond motifs is 1. The minimum atomic E-state index is -0.720. The average Bonchev–Trinajstić information content (AvgIpc) is 2.63. The summed E-state index contributed by atoms with van der Waals surface area (Å²) in [6.45, 7) is 0.332. The van der Waals surface area contributed by atoms with Gasteiger partial charge in [-0.1, -0.05) is 0 Å². The molecule has 1 heterocycles. The van der Waals surface area contributed by atoms with Crippen molar-refractivity contribution in [3.8, 4) is 0 Å². The van der Waals surface area contributed by atoms with Gasteiger partial charge in [0.15, 0.2) is 0 Å². The normalized spacial score (nSPS) is 13.8.